The fourth-order valence-electron chi connectivity index (χ4n) is 2.95. The van der Waals surface area contributed by atoms with E-state index in [2.05, 4.69) is 5.10 Å². The van der Waals surface area contributed by atoms with E-state index in [1.807, 2.05) is 23.6 Å². The van der Waals surface area contributed by atoms with Gasteiger partial charge in [0.25, 0.3) is 11.1 Å². The van der Waals surface area contributed by atoms with Crippen molar-refractivity contribution in [2.24, 2.45) is 5.92 Å². The van der Waals surface area contributed by atoms with Crippen molar-refractivity contribution in [1.82, 2.24) is 19.6 Å². The van der Waals surface area contributed by atoms with Gasteiger partial charge in [0.2, 0.25) is 5.91 Å². The zero-order valence-corrected chi connectivity index (χ0v) is 13.2. The highest BCUT2D eigenvalue weighted by molar-refractivity contribution is 5.79. The number of amides is 1. The lowest BCUT2D eigenvalue weighted by Gasteiger charge is -2.34. The van der Waals surface area contributed by atoms with Crippen LogP contribution in [0.2, 0.25) is 0 Å². The van der Waals surface area contributed by atoms with E-state index in [-0.39, 0.29) is 22.9 Å². The molecule has 0 aromatic carbocycles. The molecule has 1 aliphatic rings. The lowest BCUT2D eigenvalue weighted by molar-refractivity contribution is -0.137. The van der Waals surface area contributed by atoms with Crippen molar-refractivity contribution in [3.8, 4) is 0 Å². The van der Waals surface area contributed by atoms with Gasteiger partial charge in [0.1, 0.15) is 0 Å². The van der Waals surface area contributed by atoms with E-state index in [1.54, 1.807) is 0 Å². The smallest absolute Gasteiger partial charge is 0.266 e. The molecular formula is C15H24N4O3. The minimum absolute atomic E-state index is 0.0280. The summed E-state index contributed by atoms with van der Waals surface area (Å²) in [7, 11) is 0. The number of carbonyl (C=O) groups excluding carboxylic acids is 1. The highest BCUT2D eigenvalue weighted by Crippen LogP contribution is 2.19. The Morgan fingerprint density at radius 2 is 2.05 bits per heavy atom. The second kappa shape index (κ2) is 7.40. The molecule has 1 saturated heterocycles. The van der Waals surface area contributed by atoms with Crippen molar-refractivity contribution in [3.63, 3.8) is 0 Å². The number of aromatic amines is 1. The molecule has 1 atom stereocenters. The van der Waals surface area contributed by atoms with Gasteiger partial charge < -0.3 is 4.90 Å². The summed E-state index contributed by atoms with van der Waals surface area (Å²) in [6.45, 7) is 7.17. The molecule has 1 unspecified atom stereocenters. The Bertz CT molecular complexity index is 618. The van der Waals surface area contributed by atoms with Crippen LogP contribution in [0.4, 0.5) is 0 Å². The highest BCUT2D eigenvalue weighted by Gasteiger charge is 2.28. The number of H-pyrrole nitrogens is 1. The number of carbonyl (C=O) groups is 1. The number of hydrogen-bond donors (Lipinski definition) is 1. The molecule has 1 aromatic heterocycles. The molecule has 1 amide bonds. The third-order valence-electron chi connectivity index (χ3n) is 4.16. The van der Waals surface area contributed by atoms with Gasteiger partial charge in [-0.3, -0.25) is 24.4 Å². The molecule has 2 heterocycles. The number of hydrogen-bond acceptors (Lipinski definition) is 4. The normalized spacial score (nSPS) is 19.1. The maximum atomic E-state index is 12.5. The van der Waals surface area contributed by atoms with E-state index >= 15 is 0 Å². The predicted octanol–water partition coefficient (Wildman–Crippen LogP) is 0.0745. The highest BCUT2D eigenvalue weighted by atomic mass is 16.2. The van der Waals surface area contributed by atoms with Crippen LogP contribution in [-0.4, -0.2) is 51.7 Å². The summed E-state index contributed by atoms with van der Waals surface area (Å²) in [5, 5.41) is 2.52. The number of nitrogens with zero attached hydrogens (tertiary/aromatic N) is 3. The molecule has 1 N–H and O–H groups in total. The summed E-state index contributed by atoms with van der Waals surface area (Å²) in [6, 6.07) is 2.49. The number of rotatable bonds is 5. The molecule has 22 heavy (non-hydrogen) atoms. The van der Waals surface area contributed by atoms with E-state index in [9.17, 15) is 14.4 Å². The van der Waals surface area contributed by atoms with Crippen molar-refractivity contribution >= 4 is 5.91 Å². The maximum Gasteiger partial charge on any atom is 0.266 e. The monoisotopic (exact) mass is 308 g/mol. The predicted molar refractivity (Wildman–Crippen MR) is 83.5 cm³/mol. The van der Waals surface area contributed by atoms with E-state index in [0.717, 1.165) is 32.5 Å². The molecule has 0 radical (unpaired) electrons. The van der Waals surface area contributed by atoms with Crippen LogP contribution >= 0.6 is 0 Å². The summed E-state index contributed by atoms with van der Waals surface area (Å²) in [5.74, 6) is 0.156. The molecule has 0 saturated carbocycles. The van der Waals surface area contributed by atoms with Gasteiger partial charge in [0, 0.05) is 31.8 Å². The van der Waals surface area contributed by atoms with Gasteiger partial charge in [-0.1, -0.05) is 0 Å². The number of likely N-dealkylation sites (tertiary alicyclic amines) is 1. The van der Waals surface area contributed by atoms with Crippen molar-refractivity contribution in [1.29, 1.82) is 0 Å². The molecule has 1 aliphatic heterocycles. The van der Waals surface area contributed by atoms with Gasteiger partial charge in [0.05, 0.1) is 12.6 Å². The van der Waals surface area contributed by atoms with E-state index in [1.165, 1.54) is 16.8 Å². The van der Waals surface area contributed by atoms with Gasteiger partial charge in [-0.05, 0) is 33.2 Å². The fraction of sp³-hybridized carbons (Fsp3) is 0.667. The Balaban J connectivity index is 2.04. The summed E-state index contributed by atoms with van der Waals surface area (Å²) in [4.78, 5) is 39.4. The van der Waals surface area contributed by atoms with Crippen LogP contribution in [-0.2, 0) is 11.5 Å². The summed E-state index contributed by atoms with van der Waals surface area (Å²) in [6.07, 6.45) is 1.80. The molecule has 122 valence electrons. The molecule has 7 heteroatoms. The Labute approximate surface area is 129 Å². The van der Waals surface area contributed by atoms with Gasteiger partial charge in [-0.25, -0.2) is 4.68 Å². The zero-order valence-electron chi connectivity index (χ0n) is 13.2. The first kappa shape index (κ1) is 16.5. The van der Waals surface area contributed by atoms with Gasteiger partial charge in [0.15, 0.2) is 0 Å². The molecule has 1 fully saturated rings. The van der Waals surface area contributed by atoms with Crippen molar-refractivity contribution in [2.75, 3.05) is 26.2 Å². The maximum absolute atomic E-state index is 12.5. The minimum Gasteiger partial charge on any atom is -0.343 e. The van der Waals surface area contributed by atoms with Crippen LogP contribution < -0.4 is 11.1 Å². The van der Waals surface area contributed by atoms with Crippen LogP contribution in [0.3, 0.4) is 0 Å². The van der Waals surface area contributed by atoms with Crippen molar-refractivity contribution < 1.29 is 4.79 Å². The molecule has 2 rings (SSSR count). The van der Waals surface area contributed by atoms with Crippen molar-refractivity contribution in [2.45, 2.75) is 33.4 Å². The molecule has 1 aromatic rings. The Hall–Kier alpha value is -1.89. The molecule has 0 bridgehead atoms. The van der Waals surface area contributed by atoms with Crippen LogP contribution in [0, 0.1) is 5.92 Å². The average molecular weight is 308 g/mol. The largest absolute Gasteiger partial charge is 0.343 e. The Kier molecular flexibility index (Phi) is 5.54. The number of nitrogens with one attached hydrogen (secondary N) is 1. The fourth-order valence-corrected chi connectivity index (χ4v) is 2.95. The molecule has 0 aliphatic carbocycles. The second-order valence-electron chi connectivity index (χ2n) is 5.64. The van der Waals surface area contributed by atoms with Crippen molar-refractivity contribution in [3.05, 3.63) is 32.8 Å². The van der Waals surface area contributed by atoms with Crippen LogP contribution in [0.5, 0.6) is 0 Å². The summed E-state index contributed by atoms with van der Waals surface area (Å²) >= 11 is 0. The summed E-state index contributed by atoms with van der Waals surface area (Å²) in [5.41, 5.74) is -0.538. The first-order valence-corrected chi connectivity index (χ1v) is 7.86. The van der Waals surface area contributed by atoms with E-state index < -0.39 is 0 Å². The standard InChI is InChI=1S/C15H24N4O3/c1-3-18(4-2)15(22)12-6-5-9-17(10-12)11-19-14(21)8-7-13(20)16-19/h7-8,12H,3-6,9-11H2,1-2H3,(H,16,20). The Morgan fingerprint density at radius 3 is 2.73 bits per heavy atom. The van der Waals surface area contributed by atoms with Gasteiger partial charge in [-0.15, -0.1) is 0 Å². The number of piperidine rings is 1. The lowest BCUT2D eigenvalue weighted by Crippen LogP contribution is -2.46. The van der Waals surface area contributed by atoms with E-state index in [0.29, 0.717) is 13.2 Å². The quantitative estimate of drug-likeness (QED) is 0.835. The van der Waals surface area contributed by atoms with Crippen LogP contribution in [0.25, 0.3) is 0 Å². The molecule has 7 nitrogen and oxygen atoms in total. The average Bonchev–Trinajstić information content (AvgIpc) is 2.52. The SMILES string of the molecule is CCN(CC)C(=O)C1CCCN(Cn2[nH]c(=O)ccc2=O)C1. The third kappa shape index (κ3) is 3.85. The topological polar surface area (TPSA) is 78.4 Å². The summed E-state index contributed by atoms with van der Waals surface area (Å²) < 4.78 is 1.30. The molecule has 0 spiro atoms. The third-order valence-corrected chi connectivity index (χ3v) is 4.16. The lowest BCUT2D eigenvalue weighted by atomic mass is 9.97. The van der Waals surface area contributed by atoms with Gasteiger partial charge in [-0.2, -0.15) is 0 Å². The van der Waals surface area contributed by atoms with Crippen LogP contribution in [0.15, 0.2) is 21.7 Å². The zero-order chi connectivity index (χ0) is 16.1. The van der Waals surface area contributed by atoms with Gasteiger partial charge >= 0.3 is 0 Å². The van der Waals surface area contributed by atoms with Crippen LogP contribution in [0.1, 0.15) is 26.7 Å². The first-order chi connectivity index (χ1) is 10.5. The second-order valence-corrected chi connectivity index (χ2v) is 5.64. The molecular weight excluding hydrogens is 284 g/mol. The Morgan fingerprint density at radius 1 is 1.32 bits per heavy atom. The minimum atomic E-state index is -0.299. The van der Waals surface area contributed by atoms with E-state index in [4.69, 9.17) is 0 Å². The first-order valence-electron chi connectivity index (χ1n) is 7.86. The number of aromatic nitrogens is 2.